The summed E-state index contributed by atoms with van der Waals surface area (Å²) in [6.45, 7) is 3.82. The summed E-state index contributed by atoms with van der Waals surface area (Å²) in [7, 11) is 2.96. The van der Waals surface area contributed by atoms with Crippen LogP contribution in [0, 0.1) is 0 Å². The van der Waals surface area contributed by atoms with Gasteiger partial charge in [0.1, 0.15) is 19.0 Å². The molecule has 1 unspecified atom stereocenters. The third kappa shape index (κ3) is 4.70. The minimum absolute atomic E-state index is 0.200. The van der Waals surface area contributed by atoms with Gasteiger partial charge in [0, 0.05) is 24.6 Å². The van der Waals surface area contributed by atoms with Crippen molar-refractivity contribution in [3.05, 3.63) is 78.4 Å². The molecule has 1 amide bonds. The number of nitrogens with one attached hydrogen (secondary N) is 1. The van der Waals surface area contributed by atoms with Crippen molar-refractivity contribution in [1.29, 1.82) is 0 Å². The lowest BCUT2D eigenvalue weighted by Gasteiger charge is -2.21. The van der Waals surface area contributed by atoms with E-state index in [0.29, 0.717) is 12.0 Å². The Morgan fingerprint density at radius 1 is 1.20 bits per heavy atom. The first-order chi connectivity index (χ1) is 12.2. The Labute approximate surface area is 148 Å². The molecular formula is C20H22N2O3. The van der Waals surface area contributed by atoms with E-state index in [2.05, 4.69) is 17.1 Å². The lowest BCUT2D eigenvalue weighted by Crippen LogP contribution is -2.30. The first-order valence-corrected chi connectivity index (χ1v) is 7.96. The van der Waals surface area contributed by atoms with Crippen LogP contribution in [0.15, 0.2) is 72.4 Å². The van der Waals surface area contributed by atoms with Gasteiger partial charge in [-0.15, -0.1) is 6.58 Å². The molecule has 0 aliphatic carbocycles. The van der Waals surface area contributed by atoms with Gasteiger partial charge in [0.15, 0.2) is 5.71 Å². The summed E-state index contributed by atoms with van der Waals surface area (Å²) in [6.07, 6.45) is 2.07. The summed E-state index contributed by atoms with van der Waals surface area (Å²) in [4.78, 5) is 17.1. The fourth-order valence-corrected chi connectivity index (χ4v) is 2.47. The largest absolute Gasteiger partial charge is 0.485 e. The Balaban J connectivity index is 2.46. The number of carbonyl (C=O) groups is 1. The van der Waals surface area contributed by atoms with Gasteiger partial charge in [0.25, 0.3) is 5.91 Å². The van der Waals surface area contributed by atoms with Crippen LogP contribution in [0.4, 0.5) is 0 Å². The molecule has 0 radical (unpaired) electrons. The molecule has 2 rings (SSSR count). The number of carbonyl (C=O) groups excluding carboxylic acids is 1. The van der Waals surface area contributed by atoms with Crippen LogP contribution in [0.25, 0.3) is 0 Å². The van der Waals surface area contributed by atoms with Gasteiger partial charge < -0.3 is 14.9 Å². The zero-order valence-corrected chi connectivity index (χ0v) is 14.4. The number of para-hydroxylation sites is 1. The number of ether oxygens (including phenoxy) is 1. The SMILES string of the molecule is C=CCC(Oc1ccccc1)c1ccccc1/C(=N\OC)C(=O)NC. The van der Waals surface area contributed by atoms with Gasteiger partial charge in [-0.2, -0.15) is 0 Å². The van der Waals surface area contributed by atoms with Gasteiger partial charge in [-0.3, -0.25) is 4.79 Å². The molecule has 0 aromatic heterocycles. The van der Waals surface area contributed by atoms with Crippen LogP contribution in [-0.2, 0) is 9.63 Å². The maximum absolute atomic E-state index is 12.2. The number of benzene rings is 2. The summed E-state index contributed by atoms with van der Waals surface area (Å²) < 4.78 is 6.12. The summed E-state index contributed by atoms with van der Waals surface area (Å²) in [5.74, 6) is 0.417. The number of nitrogens with zero attached hydrogens (tertiary/aromatic N) is 1. The van der Waals surface area contributed by atoms with Crippen molar-refractivity contribution in [3.63, 3.8) is 0 Å². The summed E-state index contributed by atoms with van der Waals surface area (Å²) in [6, 6.07) is 17.0. The monoisotopic (exact) mass is 338 g/mol. The molecule has 0 heterocycles. The zero-order valence-electron chi connectivity index (χ0n) is 14.4. The molecule has 5 heteroatoms. The van der Waals surface area contributed by atoms with E-state index in [1.165, 1.54) is 7.11 Å². The van der Waals surface area contributed by atoms with E-state index in [0.717, 1.165) is 11.3 Å². The number of hydrogen-bond donors (Lipinski definition) is 1. The Morgan fingerprint density at radius 3 is 2.52 bits per heavy atom. The molecule has 0 saturated carbocycles. The van der Waals surface area contributed by atoms with E-state index in [1.54, 1.807) is 13.1 Å². The minimum Gasteiger partial charge on any atom is -0.485 e. The number of oxime groups is 1. The van der Waals surface area contributed by atoms with Gasteiger partial charge in [-0.05, 0) is 12.1 Å². The van der Waals surface area contributed by atoms with Gasteiger partial charge in [-0.1, -0.05) is 53.7 Å². The molecule has 2 aromatic carbocycles. The molecule has 0 aliphatic heterocycles. The van der Waals surface area contributed by atoms with Crippen molar-refractivity contribution in [3.8, 4) is 5.75 Å². The highest BCUT2D eigenvalue weighted by atomic mass is 16.6. The normalized spacial score (nSPS) is 12.2. The molecule has 1 N–H and O–H groups in total. The van der Waals surface area contributed by atoms with E-state index < -0.39 is 0 Å². The molecule has 25 heavy (non-hydrogen) atoms. The summed E-state index contributed by atoms with van der Waals surface area (Å²) in [5, 5.41) is 6.48. The van der Waals surface area contributed by atoms with Crippen LogP contribution in [0.5, 0.6) is 5.75 Å². The van der Waals surface area contributed by atoms with Gasteiger partial charge in [0.05, 0.1) is 0 Å². The summed E-state index contributed by atoms with van der Waals surface area (Å²) >= 11 is 0. The molecule has 0 aliphatic rings. The molecule has 1 atom stereocenters. The number of rotatable bonds is 8. The maximum Gasteiger partial charge on any atom is 0.273 e. The van der Waals surface area contributed by atoms with Crippen molar-refractivity contribution in [2.75, 3.05) is 14.2 Å². The van der Waals surface area contributed by atoms with Crippen LogP contribution in [0.3, 0.4) is 0 Å². The quantitative estimate of drug-likeness (QED) is 0.455. The Morgan fingerprint density at radius 2 is 1.88 bits per heavy atom. The van der Waals surface area contributed by atoms with Gasteiger partial charge in [0.2, 0.25) is 0 Å². The number of hydrogen-bond acceptors (Lipinski definition) is 4. The van der Waals surface area contributed by atoms with E-state index in [1.807, 2.05) is 54.6 Å². The maximum atomic E-state index is 12.2. The highest BCUT2D eigenvalue weighted by molar-refractivity contribution is 6.45. The van der Waals surface area contributed by atoms with E-state index in [4.69, 9.17) is 9.57 Å². The van der Waals surface area contributed by atoms with E-state index in [-0.39, 0.29) is 17.7 Å². The van der Waals surface area contributed by atoms with Gasteiger partial charge >= 0.3 is 0 Å². The van der Waals surface area contributed by atoms with Crippen molar-refractivity contribution >= 4 is 11.6 Å². The first kappa shape index (κ1) is 18.3. The lowest BCUT2D eigenvalue weighted by atomic mass is 9.96. The molecule has 130 valence electrons. The number of amides is 1. The van der Waals surface area contributed by atoms with Crippen molar-refractivity contribution < 1.29 is 14.4 Å². The molecule has 0 fully saturated rings. The van der Waals surface area contributed by atoms with Gasteiger partial charge in [-0.25, -0.2) is 0 Å². The van der Waals surface area contributed by atoms with Crippen LogP contribution in [-0.4, -0.2) is 25.8 Å². The van der Waals surface area contributed by atoms with Crippen LogP contribution >= 0.6 is 0 Å². The molecule has 2 aromatic rings. The predicted molar refractivity (Wildman–Crippen MR) is 98.7 cm³/mol. The van der Waals surface area contributed by atoms with Crippen LogP contribution in [0.1, 0.15) is 23.7 Å². The molecule has 0 bridgehead atoms. The summed E-state index contributed by atoms with van der Waals surface area (Å²) in [5.41, 5.74) is 1.70. The first-order valence-electron chi connectivity index (χ1n) is 7.96. The average molecular weight is 338 g/mol. The van der Waals surface area contributed by atoms with Crippen molar-refractivity contribution in [2.24, 2.45) is 5.16 Å². The standard InChI is InChI=1S/C20H22N2O3/c1-4-10-18(25-15-11-6-5-7-12-15)16-13-8-9-14-17(16)19(22-24-3)20(23)21-2/h4-9,11-14,18H,1,10H2,2-3H3,(H,21,23)/b22-19+. The Kier molecular flexibility index (Phi) is 6.77. The second-order valence-corrected chi connectivity index (χ2v) is 5.23. The fraction of sp³-hybridized carbons (Fsp3) is 0.200. The Bertz CT molecular complexity index is 742. The third-order valence-electron chi connectivity index (χ3n) is 3.59. The fourth-order valence-electron chi connectivity index (χ4n) is 2.47. The molecule has 0 spiro atoms. The van der Waals surface area contributed by atoms with Crippen molar-refractivity contribution in [2.45, 2.75) is 12.5 Å². The van der Waals surface area contributed by atoms with E-state index in [9.17, 15) is 4.79 Å². The highest BCUT2D eigenvalue weighted by Crippen LogP contribution is 2.28. The zero-order chi connectivity index (χ0) is 18.1. The Hall–Kier alpha value is -3.08. The molecule has 5 nitrogen and oxygen atoms in total. The number of likely N-dealkylation sites (N-methyl/N-ethyl adjacent to an activating group) is 1. The van der Waals surface area contributed by atoms with Crippen LogP contribution in [0.2, 0.25) is 0 Å². The lowest BCUT2D eigenvalue weighted by molar-refractivity contribution is -0.114. The second-order valence-electron chi connectivity index (χ2n) is 5.23. The highest BCUT2D eigenvalue weighted by Gasteiger charge is 2.22. The topological polar surface area (TPSA) is 59.9 Å². The third-order valence-corrected chi connectivity index (χ3v) is 3.59. The molecule has 0 saturated heterocycles. The van der Waals surface area contributed by atoms with E-state index >= 15 is 0 Å². The predicted octanol–water partition coefficient (Wildman–Crippen LogP) is 3.48. The van der Waals surface area contributed by atoms with Crippen molar-refractivity contribution in [1.82, 2.24) is 5.32 Å². The average Bonchev–Trinajstić information content (AvgIpc) is 2.66. The molecular weight excluding hydrogens is 316 g/mol. The smallest absolute Gasteiger partial charge is 0.273 e. The minimum atomic E-state index is -0.327. The van der Waals surface area contributed by atoms with Crippen LogP contribution < -0.4 is 10.1 Å². The second kappa shape index (κ2) is 9.27.